The summed E-state index contributed by atoms with van der Waals surface area (Å²) in [5.74, 6) is 2.85. The fraction of sp³-hybridized carbons (Fsp3) is 0.571. The number of hydrogen-bond acceptors (Lipinski definition) is 2. The highest BCUT2D eigenvalue weighted by atomic mass is 35.5. The topological polar surface area (TPSA) is 12.0 Å². The standard InChI is InChI=1S/C14H19Cl2NS/c1-2-14(9-15,10-16)17-7-11-8-18-13-6-4-3-5-12(11)13/h3-6,11,17H,2,7-10H2,1H3. The molecule has 0 fully saturated rings. The molecule has 0 radical (unpaired) electrons. The molecule has 0 saturated heterocycles. The highest BCUT2D eigenvalue weighted by molar-refractivity contribution is 7.99. The van der Waals surface area contributed by atoms with Crippen LogP contribution in [0.5, 0.6) is 0 Å². The van der Waals surface area contributed by atoms with Crippen molar-refractivity contribution < 1.29 is 0 Å². The van der Waals surface area contributed by atoms with Gasteiger partial charge in [-0.2, -0.15) is 0 Å². The average Bonchev–Trinajstić information content (AvgIpc) is 2.85. The van der Waals surface area contributed by atoms with Crippen LogP contribution in [0, 0.1) is 0 Å². The Morgan fingerprint density at radius 2 is 2.06 bits per heavy atom. The van der Waals surface area contributed by atoms with E-state index in [1.807, 2.05) is 11.8 Å². The minimum Gasteiger partial charge on any atom is -0.308 e. The van der Waals surface area contributed by atoms with Crippen LogP contribution in [-0.4, -0.2) is 29.6 Å². The van der Waals surface area contributed by atoms with E-state index in [4.69, 9.17) is 23.2 Å². The first kappa shape index (κ1) is 14.5. The molecule has 0 amide bonds. The maximum absolute atomic E-state index is 6.06. The highest BCUT2D eigenvalue weighted by Crippen LogP contribution is 2.39. The van der Waals surface area contributed by atoms with Crippen LogP contribution < -0.4 is 5.32 Å². The number of thioether (sulfide) groups is 1. The summed E-state index contributed by atoms with van der Waals surface area (Å²) in [6.07, 6.45) is 0.960. The molecular weight excluding hydrogens is 285 g/mol. The lowest BCUT2D eigenvalue weighted by molar-refractivity contribution is 0.378. The molecule has 18 heavy (non-hydrogen) atoms. The monoisotopic (exact) mass is 303 g/mol. The molecule has 1 aliphatic rings. The Hall–Kier alpha value is 0.110. The Morgan fingerprint density at radius 3 is 2.72 bits per heavy atom. The van der Waals surface area contributed by atoms with E-state index in [0.29, 0.717) is 17.7 Å². The zero-order valence-electron chi connectivity index (χ0n) is 10.6. The second kappa shape index (κ2) is 6.51. The Labute approximate surface area is 124 Å². The summed E-state index contributed by atoms with van der Waals surface area (Å²) < 4.78 is 0. The number of benzene rings is 1. The van der Waals surface area contributed by atoms with Crippen molar-refractivity contribution in [1.29, 1.82) is 0 Å². The van der Waals surface area contributed by atoms with Crippen LogP contribution >= 0.6 is 35.0 Å². The van der Waals surface area contributed by atoms with Gasteiger partial charge in [-0.15, -0.1) is 35.0 Å². The molecule has 2 rings (SSSR count). The molecule has 4 heteroatoms. The Bertz CT molecular complexity index is 385. The molecule has 1 unspecified atom stereocenters. The van der Waals surface area contributed by atoms with Gasteiger partial charge in [-0.1, -0.05) is 25.1 Å². The second-order valence-corrected chi connectivity index (χ2v) is 6.42. The normalized spacial score (nSPS) is 18.9. The maximum atomic E-state index is 6.06. The lowest BCUT2D eigenvalue weighted by Gasteiger charge is -2.31. The molecule has 1 heterocycles. The summed E-state index contributed by atoms with van der Waals surface area (Å²) in [5.41, 5.74) is 1.34. The molecule has 0 spiro atoms. The van der Waals surface area contributed by atoms with Crippen LogP contribution in [0.4, 0.5) is 0 Å². The number of fused-ring (bicyclic) bond motifs is 1. The molecule has 1 N–H and O–H groups in total. The minimum atomic E-state index is -0.120. The molecule has 1 aromatic rings. The number of halogens is 2. The Balaban J connectivity index is 2.00. The van der Waals surface area contributed by atoms with Crippen LogP contribution in [0.1, 0.15) is 24.8 Å². The van der Waals surface area contributed by atoms with E-state index >= 15 is 0 Å². The largest absolute Gasteiger partial charge is 0.308 e. The quantitative estimate of drug-likeness (QED) is 0.794. The van der Waals surface area contributed by atoms with Gasteiger partial charge in [0.2, 0.25) is 0 Å². The van der Waals surface area contributed by atoms with Crippen molar-refractivity contribution in [3.05, 3.63) is 29.8 Å². The third kappa shape index (κ3) is 2.98. The number of rotatable bonds is 6. The third-order valence-corrected chi connectivity index (χ3v) is 5.99. The fourth-order valence-electron chi connectivity index (χ4n) is 2.18. The van der Waals surface area contributed by atoms with Gasteiger partial charge in [0.25, 0.3) is 0 Å². The first-order valence-electron chi connectivity index (χ1n) is 6.33. The van der Waals surface area contributed by atoms with Crippen LogP contribution in [0.15, 0.2) is 29.2 Å². The van der Waals surface area contributed by atoms with E-state index in [1.165, 1.54) is 10.5 Å². The smallest absolute Gasteiger partial charge is 0.0451 e. The molecule has 100 valence electrons. The predicted octanol–water partition coefficient (Wildman–Crippen LogP) is 4.09. The van der Waals surface area contributed by atoms with Crippen LogP contribution in [0.3, 0.4) is 0 Å². The van der Waals surface area contributed by atoms with Crippen LogP contribution in [0.2, 0.25) is 0 Å². The molecule has 0 saturated carbocycles. The average molecular weight is 304 g/mol. The molecule has 0 aromatic heterocycles. The lowest BCUT2D eigenvalue weighted by Crippen LogP contribution is -2.49. The second-order valence-electron chi connectivity index (χ2n) is 4.83. The minimum absolute atomic E-state index is 0.120. The lowest BCUT2D eigenvalue weighted by atomic mass is 9.97. The van der Waals surface area contributed by atoms with Crippen molar-refractivity contribution >= 4 is 35.0 Å². The first-order valence-corrected chi connectivity index (χ1v) is 8.39. The van der Waals surface area contributed by atoms with Crippen molar-refractivity contribution in [3.8, 4) is 0 Å². The number of hydrogen-bond donors (Lipinski definition) is 1. The van der Waals surface area contributed by atoms with E-state index in [1.54, 1.807) is 0 Å². The van der Waals surface area contributed by atoms with Crippen molar-refractivity contribution in [2.75, 3.05) is 24.1 Å². The number of nitrogens with one attached hydrogen (secondary N) is 1. The van der Waals surface area contributed by atoms with Gasteiger partial charge < -0.3 is 5.32 Å². The molecule has 1 nitrogen and oxygen atoms in total. The summed E-state index contributed by atoms with van der Waals surface area (Å²) in [4.78, 5) is 1.42. The summed E-state index contributed by atoms with van der Waals surface area (Å²) in [6, 6.07) is 8.66. The van der Waals surface area contributed by atoms with Gasteiger partial charge in [0.05, 0.1) is 0 Å². The fourth-order valence-corrected chi connectivity index (χ4v) is 4.29. The molecule has 1 aromatic carbocycles. The van der Waals surface area contributed by atoms with E-state index in [0.717, 1.165) is 18.7 Å². The Kier molecular flexibility index (Phi) is 5.25. The van der Waals surface area contributed by atoms with E-state index < -0.39 is 0 Å². The van der Waals surface area contributed by atoms with E-state index in [-0.39, 0.29) is 5.54 Å². The van der Waals surface area contributed by atoms with E-state index in [9.17, 15) is 0 Å². The van der Waals surface area contributed by atoms with Gasteiger partial charge in [-0.3, -0.25) is 0 Å². The summed E-state index contributed by atoms with van der Waals surface area (Å²) in [6.45, 7) is 3.09. The van der Waals surface area contributed by atoms with Gasteiger partial charge in [-0.25, -0.2) is 0 Å². The van der Waals surface area contributed by atoms with Gasteiger partial charge >= 0.3 is 0 Å². The molecule has 0 bridgehead atoms. The summed E-state index contributed by atoms with van der Waals surface area (Å²) in [5, 5.41) is 3.59. The molecule has 0 aliphatic carbocycles. The van der Waals surface area contributed by atoms with Crippen LogP contribution in [0.25, 0.3) is 0 Å². The van der Waals surface area contributed by atoms with Crippen molar-refractivity contribution in [1.82, 2.24) is 5.32 Å². The predicted molar refractivity (Wildman–Crippen MR) is 82.4 cm³/mol. The van der Waals surface area contributed by atoms with E-state index in [2.05, 4.69) is 36.5 Å². The Morgan fingerprint density at radius 1 is 1.33 bits per heavy atom. The van der Waals surface area contributed by atoms with Gasteiger partial charge in [0, 0.05) is 40.4 Å². The van der Waals surface area contributed by atoms with Crippen molar-refractivity contribution in [2.45, 2.75) is 29.7 Å². The zero-order valence-corrected chi connectivity index (χ0v) is 12.9. The third-order valence-electron chi connectivity index (χ3n) is 3.71. The molecular formula is C14H19Cl2NS. The zero-order chi connectivity index (χ0) is 13.0. The van der Waals surface area contributed by atoms with Gasteiger partial charge in [-0.05, 0) is 18.1 Å². The van der Waals surface area contributed by atoms with Gasteiger partial charge in [0.1, 0.15) is 0 Å². The van der Waals surface area contributed by atoms with Crippen molar-refractivity contribution in [2.24, 2.45) is 0 Å². The molecule has 1 aliphatic heterocycles. The van der Waals surface area contributed by atoms with Crippen molar-refractivity contribution in [3.63, 3.8) is 0 Å². The first-order chi connectivity index (χ1) is 8.74. The van der Waals surface area contributed by atoms with Gasteiger partial charge in [0.15, 0.2) is 0 Å². The SMILES string of the molecule is CCC(CCl)(CCl)NCC1CSc2ccccc21. The van der Waals surface area contributed by atoms with Crippen LogP contribution in [-0.2, 0) is 0 Å². The summed E-state index contributed by atoms with van der Waals surface area (Å²) in [7, 11) is 0. The highest BCUT2D eigenvalue weighted by Gasteiger charge is 2.29. The maximum Gasteiger partial charge on any atom is 0.0451 e. The number of alkyl halides is 2. The molecule has 1 atom stereocenters. The summed E-state index contributed by atoms with van der Waals surface area (Å²) >= 11 is 14.1.